The molecule has 8 heteroatoms. The van der Waals surface area contributed by atoms with Crippen molar-refractivity contribution < 1.29 is 19.4 Å². The summed E-state index contributed by atoms with van der Waals surface area (Å²) in [6.07, 6.45) is -0.246. The molecule has 0 radical (unpaired) electrons. The number of anilines is 1. The number of aliphatic hydroxyl groups is 1. The Balaban J connectivity index is 1.30. The van der Waals surface area contributed by atoms with Crippen LogP contribution in [-0.4, -0.2) is 73.1 Å². The van der Waals surface area contributed by atoms with E-state index in [0.717, 1.165) is 23.7 Å². The second-order valence-electron chi connectivity index (χ2n) is 7.76. The van der Waals surface area contributed by atoms with Crippen molar-refractivity contribution in [1.29, 1.82) is 0 Å². The Morgan fingerprint density at radius 2 is 2.03 bits per heavy atom. The smallest absolute Gasteiger partial charge is 0.228 e. The van der Waals surface area contributed by atoms with E-state index in [4.69, 9.17) is 4.74 Å². The Morgan fingerprint density at radius 3 is 2.73 bits per heavy atom. The van der Waals surface area contributed by atoms with Crippen LogP contribution in [0, 0.1) is 5.92 Å². The van der Waals surface area contributed by atoms with E-state index in [0.29, 0.717) is 31.9 Å². The van der Waals surface area contributed by atoms with E-state index in [1.165, 1.54) is 0 Å². The van der Waals surface area contributed by atoms with Crippen molar-refractivity contribution in [3.8, 4) is 5.75 Å². The van der Waals surface area contributed by atoms with Gasteiger partial charge >= 0.3 is 0 Å². The van der Waals surface area contributed by atoms with Crippen molar-refractivity contribution in [2.45, 2.75) is 12.5 Å². The highest BCUT2D eigenvalue weighted by Gasteiger charge is 2.38. The Morgan fingerprint density at radius 1 is 1.23 bits per heavy atom. The highest BCUT2D eigenvalue weighted by atomic mass is 32.1. The zero-order valence-corrected chi connectivity index (χ0v) is 17.9. The van der Waals surface area contributed by atoms with Crippen molar-refractivity contribution in [2.75, 3.05) is 51.3 Å². The molecule has 2 fully saturated rings. The lowest BCUT2D eigenvalue weighted by Crippen LogP contribution is -2.51. The monoisotopic (exact) mass is 429 g/mol. The normalized spacial score (nSPS) is 21.1. The van der Waals surface area contributed by atoms with Crippen molar-refractivity contribution >= 4 is 28.8 Å². The molecular weight excluding hydrogens is 402 g/mol. The van der Waals surface area contributed by atoms with Crippen LogP contribution in [0.2, 0.25) is 0 Å². The SMILES string of the molecule is COc1cccc(N2CC(C(=O)N3CCN(CC(O)c4cccs4)CC3)CC2=O)c1. The maximum atomic E-state index is 13.0. The molecule has 1 N–H and O–H groups in total. The molecule has 0 saturated carbocycles. The number of carbonyl (C=O) groups excluding carboxylic acids is 2. The number of β-amino-alcohol motifs (C(OH)–C–C–N with tert-alkyl or cyclic N) is 1. The standard InChI is InChI=1S/C22H27N3O4S/c1-29-18-5-2-4-17(13-18)25-14-16(12-21(25)27)22(28)24-9-7-23(8-10-24)15-19(26)20-6-3-11-30-20/h2-6,11,13,16,19,26H,7-10,12,14-15H2,1H3. The zero-order chi connectivity index (χ0) is 21.1. The molecule has 2 atom stereocenters. The van der Waals surface area contributed by atoms with Gasteiger partial charge in [-0.15, -0.1) is 11.3 Å². The average molecular weight is 430 g/mol. The average Bonchev–Trinajstić information content (AvgIpc) is 3.44. The first kappa shape index (κ1) is 20.8. The van der Waals surface area contributed by atoms with Crippen LogP contribution in [0.5, 0.6) is 5.75 Å². The van der Waals surface area contributed by atoms with Crippen LogP contribution in [0.25, 0.3) is 0 Å². The Labute approximate surface area is 180 Å². The van der Waals surface area contributed by atoms with Crippen LogP contribution in [0.1, 0.15) is 17.4 Å². The molecule has 30 heavy (non-hydrogen) atoms. The van der Waals surface area contributed by atoms with Crippen molar-refractivity contribution in [3.05, 3.63) is 46.7 Å². The number of nitrogens with zero attached hydrogens (tertiary/aromatic N) is 3. The number of hydrogen-bond donors (Lipinski definition) is 1. The van der Waals surface area contributed by atoms with Crippen LogP contribution in [0.3, 0.4) is 0 Å². The Bertz CT molecular complexity index is 880. The molecule has 1 aromatic heterocycles. The van der Waals surface area contributed by atoms with Gasteiger partial charge in [-0.05, 0) is 23.6 Å². The van der Waals surface area contributed by atoms with Crippen molar-refractivity contribution in [1.82, 2.24) is 9.80 Å². The summed E-state index contributed by atoms with van der Waals surface area (Å²) in [5, 5.41) is 12.3. The van der Waals surface area contributed by atoms with E-state index >= 15 is 0 Å². The molecular formula is C22H27N3O4S. The van der Waals surface area contributed by atoms with Crippen molar-refractivity contribution in [3.63, 3.8) is 0 Å². The summed E-state index contributed by atoms with van der Waals surface area (Å²) in [5.41, 5.74) is 0.766. The highest BCUT2D eigenvalue weighted by Crippen LogP contribution is 2.29. The van der Waals surface area contributed by atoms with E-state index < -0.39 is 6.10 Å². The minimum atomic E-state index is -0.490. The van der Waals surface area contributed by atoms with Crippen molar-refractivity contribution in [2.24, 2.45) is 5.92 Å². The second-order valence-corrected chi connectivity index (χ2v) is 8.74. The molecule has 4 rings (SSSR count). The number of methoxy groups -OCH3 is 1. The number of hydrogen-bond acceptors (Lipinski definition) is 6. The molecule has 2 amide bonds. The van der Waals surface area contributed by atoms with E-state index in [1.54, 1.807) is 23.3 Å². The maximum absolute atomic E-state index is 13.0. The number of piperazine rings is 1. The third kappa shape index (κ3) is 4.50. The summed E-state index contributed by atoms with van der Waals surface area (Å²) < 4.78 is 5.25. The van der Waals surface area contributed by atoms with Gasteiger partial charge in [0.2, 0.25) is 11.8 Å². The molecule has 2 saturated heterocycles. The molecule has 3 heterocycles. The van der Waals surface area contributed by atoms with Gasteiger partial charge in [-0.1, -0.05) is 12.1 Å². The second kappa shape index (κ2) is 9.16. The van der Waals surface area contributed by atoms with Gasteiger partial charge in [0.05, 0.1) is 13.0 Å². The Kier molecular flexibility index (Phi) is 6.36. The minimum Gasteiger partial charge on any atom is -0.497 e. The first-order chi connectivity index (χ1) is 14.5. The molecule has 1 aromatic carbocycles. The van der Waals surface area contributed by atoms with E-state index in [-0.39, 0.29) is 24.2 Å². The summed E-state index contributed by atoms with van der Waals surface area (Å²) in [6, 6.07) is 11.3. The first-order valence-electron chi connectivity index (χ1n) is 10.2. The summed E-state index contributed by atoms with van der Waals surface area (Å²) in [6.45, 7) is 3.69. The first-order valence-corrected chi connectivity index (χ1v) is 11.1. The number of thiophene rings is 1. The van der Waals surface area contributed by atoms with Crippen LogP contribution >= 0.6 is 11.3 Å². The summed E-state index contributed by atoms with van der Waals surface area (Å²) >= 11 is 1.56. The van der Waals surface area contributed by atoms with Gasteiger partial charge in [0.25, 0.3) is 0 Å². The fourth-order valence-electron chi connectivity index (χ4n) is 4.13. The van der Waals surface area contributed by atoms with Gasteiger partial charge in [-0.2, -0.15) is 0 Å². The lowest BCUT2D eigenvalue weighted by atomic mass is 10.1. The third-order valence-corrected chi connectivity index (χ3v) is 6.80. The number of carbonyl (C=O) groups is 2. The van der Waals surface area contributed by atoms with Gasteiger partial charge in [-0.25, -0.2) is 0 Å². The van der Waals surface area contributed by atoms with E-state index in [2.05, 4.69) is 4.90 Å². The number of rotatable bonds is 6. The van der Waals surface area contributed by atoms with Gasteiger partial charge < -0.3 is 19.6 Å². The molecule has 2 unspecified atom stereocenters. The molecule has 0 aliphatic carbocycles. The molecule has 2 aliphatic heterocycles. The number of benzene rings is 1. The lowest BCUT2D eigenvalue weighted by molar-refractivity contribution is -0.137. The van der Waals surface area contributed by atoms with Crippen LogP contribution in [0.4, 0.5) is 5.69 Å². The minimum absolute atomic E-state index is 0.0284. The van der Waals surface area contributed by atoms with Crippen LogP contribution < -0.4 is 9.64 Å². The van der Waals surface area contributed by atoms with Gasteiger partial charge in [0.1, 0.15) is 11.9 Å². The van der Waals surface area contributed by atoms with E-state index in [9.17, 15) is 14.7 Å². The number of aliphatic hydroxyl groups excluding tert-OH is 1. The number of ether oxygens (including phenoxy) is 1. The van der Waals surface area contributed by atoms with E-state index in [1.807, 2.05) is 46.7 Å². The fourth-order valence-corrected chi connectivity index (χ4v) is 4.83. The molecule has 160 valence electrons. The number of amides is 2. The fraction of sp³-hybridized carbons (Fsp3) is 0.455. The summed E-state index contributed by atoms with van der Waals surface area (Å²) in [7, 11) is 1.59. The molecule has 2 aromatic rings. The van der Waals surface area contributed by atoms with Crippen LogP contribution in [-0.2, 0) is 9.59 Å². The summed E-state index contributed by atoms with van der Waals surface area (Å²) in [5.74, 6) is 0.398. The zero-order valence-electron chi connectivity index (χ0n) is 17.1. The lowest BCUT2D eigenvalue weighted by Gasteiger charge is -2.36. The van der Waals surface area contributed by atoms with Crippen LogP contribution in [0.15, 0.2) is 41.8 Å². The third-order valence-electron chi connectivity index (χ3n) is 5.83. The molecule has 0 bridgehead atoms. The van der Waals surface area contributed by atoms with Gasteiger partial charge in [0, 0.05) is 62.3 Å². The summed E-state index contributed by atoms with van der Waals surface area (Å²) in [4.78, 5) is 32.3. The quantitative estimate of drug-likeness (QED) is 0.760. The predicted molar refractivity (Wildman–Crippen MR) is 116 cm³/mol. The van der Waals surface area contributed by atoms with Gasteiger partial charge in [-0.3, -0.25) is 14.5 Å². The Hall–Kier alpha value is -2.42. The largest absolute Gasteiger partial charge is 0.497 e. The highest BCUT2D eigenvalue weighted by molar-refractivity contribution is 7.10. The molecule has 2 aliphatic rings. The predicted octanol–water partition coefficient (Wildman–Crippen LogP) is 1.99. The maximum Gasteiger partial charge on any atom is 0.228 e. The molecule has 7 nitrogen and oxygen atoms in total. The topological polar surface area (TPSA) is 73.3 Å². The molecule has 0 spiro atoms. The van der Waals surface area contributed by atoms with Gasteiger partial charge in [0.15, 0.2) is 0 Å².